The van der Waals surface area contributed by atoms with Gasteiger partial charge in [-0.3, -0.25) is 14.4 Å². The Hall–Kier alpha value is -4.15. The summed E-state index contributed by atoms with van der Waals surface area (Å²) in [5, 5.41) is 17.2. The van der Waals surface area contributed by atoms with Crippen LogP contribution in [0.5, 0.6) is 5.75 Å². The summed E-state index contributed by atoms with van der Waals surface area (Å²) in [5.41, 5.74) is 7.68. The molecule has 0 bridgehead atoms. The molecule has 0 aliphatic carbocycles. The van der Waals surface area contributed by atoms with Gasteiger partial charge in [-0.05, 0) is 66.8 Å². The van der Waals surface area contributed by atoms with Crippen molar-refractivity contribution in [3.8, 4) is 5.75 Å². The highest BCUT2D eigenvalue weighted by molar-refractivity contribution is 6.04. The Bertz CT molecular complexity index is 1290. The van der Waals surface area contributed by atoms with Gasteiger partial charge in [0.05, 0.1) is 31.8 Å². The summed E-state index contributed by atoms with van der Waals surface area (Å²) >= 11 is 0. The second-order valence-corrected chi connectivity index (χ2v) is 9.92. The average Bonchev–Trinajstić information content (AvgIpc) is 3.49. The standard InChI is InChI=1S/C31H40N4O6/c1-4-10-35(11-5-2)31(39)25-16-23(29(32)37)15-24(17-25)30(38)34-27(14-22-9-12-41-20-22)28(36)19-33-18-21-7-6-8-26(13-21)40-3/h6-9,12-13,15-17,20,27-28,33,36H,4-5,10-11,14,18-19H2,1-3H3,(H2,32,37)(H,34,38). The van der Waals surface area contributed by atoms with Crippen LogP contribution in [0.25, 0.3) is 0 Å². The number of furan rings is 1. The molecular weight excluding hydrogens is 524 g/mol. The van der Waals surface area contributed by atoms with Gasteiger partial charge in [0.1, 0.15) is 5.75 Å². The summed E-state index contributed by atoms with van der Waals surface area (Å²) in [6.45, 7) is 5.73. The van der Waals surface area contributed by atoms with Gasteiger partial charge in [0.15, 0.2) is 0 Å². The summed E-state index contributed by atoms with van der Waals surface area (Å²) in [6, 6.07) is 12.9. The molecule has 220 valence electrons. The average molecular weight is 565 g/mol. The number of primary amides is 1. The van der Waals surface area contributed by atoms with Gasteiger partial charge in [-0.2, -0.15) is 0 Å². The zero-order valence-corrected chi connectivity index (χ0v) is 23.9. The predicted molar refractivity (Wildman–Crippen MR) is 156 cm³/mol. The van der Waals surface area contributed by atoms with E-state index < -0.39 is 24.0 Å². The molecule has 0 spiro atoms. The monoisotopic (exact) mass is 564 g/mol. The first-order valence-electron chi connectivity index (χ1n) is 13.8. The highest BCUT2D eigenvalue weighted by Gasteiger charge is 2.25. The summed E-state index contributed by atoms with van der Waals surface area (Å²) < 4.78 is 10.4. The minimum atomic E-state index is -0.968. The number of nitrogens with one attached hydrogen (secondary N) is 2. The number of nitrogens with two attached hydrogens (primary N) is 1. The molecule has 10 nitrogen and oxygen atoms in total. The highest BCUT2D eigenvalue weighted by atomic mass is 16.5. The van der Waals surface area contributed by atoms with Gasteiger partial charge in [0.2, 0.25) is 5.91 Å². The second kappa shape index (κ2) is 15.6. The van der Waals surface area contributed by atoms with E-state index in [9.17, 15) is 19.5 Å². The van der Waals surface area contributed by atoms with Crippen molar-refractivity contribution in [2.75, 3.05) is 26.7 Å². The molecule has 3 rings (SSSR count). The van der Waals surface area contributed by atoms with Crippen molar-refractivity contribution in [2.45, 2.75) is 51.8 Å². The van der Waals surface area contributed by atoms with Crippen LogP contribution in [0.1, 0.15) is 68.9 Å². The second-order valence-electron chi connectivity index (χ2n) is 9.92. The van der Waals surface area contributed by atoms with Crippen molar-refractivity contribution in [1.82, 2.24) is 15.5 Å². The lowest BCUT2D eigenvalue weighted by Gasteiger charge is -2.25. The Morgan fingerprint density at radius 3 is 2.34 bits per heavy atom. The molecule has 10 heteroatoms. The van der Waals surface area contributed by atoms with Gasteiger partial charge in [0.25, 0.3) is 11.8 Å². The SMILES string of the molecule is CCCN(CCC)C(=O)c1cc(C(N)=O)cc(C(=O)NC(Cc2ccoc2)C(O)CNCc2cccc(OC)c2)c1. The Morgan fingerprint density at radius 2 is 1.71 bits per heavy atom. The first kappa shape index (κ1) is 31.4. The summed E-state index contributed by atoms with van der Waals surface area (Å²) in [7, 11) is 1.60. The minimum Gasteiger partial charge on any atom is -0.497 e. The van der Waals surface area contributed by atoms with Crippen LogP contribution in [0, 0.1) is 0 Å². The molecule has 0 radical (unpaired) electrons. The quantitative estimate of drug-likeness (QED) is 0.209. The van der Waals surface area contributed by atoms with Gasteiger partial charge in [-0.1, -0.05) is 26.0 Å². The maximum absolute atomic E-state index is 13.5. The lowest BCUT2D eigenvalue weighted by Crippen LogP contribution is -2.48. The van der Waals surface area contributed by atoms with Crippen LogP contribution in [0.2, 0.25) is 0 Å². The molecule has 5 N–H and O–H groups in total. The van der Waals surface area contributed by atoms with Gasteiger partial charge in [-0.25, -0.2) is 0 Å². The van der Waals surface area contributed by atoms with Crippen LogP contribution in [-0.2, 0) is 13.0 Å². The molecule has 41 heavy (non-hydrogen) atoms. The first-order chi connectivity index (χ1) is 19.7. The zero-order valence-electron chi connectivity index (χ0n) is 23.9. The van der Waals surface area contributed by atoms with Crippen LogP contribution in [0.15, 0.2) is 65.5 Å². The molecule has 0 aliphatic heterocycles. The smallest absolute Gasteiger partial charge is 0.253 e. The summed E-state index contributed by atoms with van der Waals surface area (Å²) in [6.07, 6.45) is 3.95. The number of aliphatic hydroxyl groups excluding tert-OH is 1. The largest absolute Gasteiger partial charge is 0.497 e. The fourth-order valence-corrected chi connectivity index (χ4v) is 4.55. The number of aliphatic hydroxyl groups is 1. The fourth-order valence-electron chi connectivity index (χ4n) is 4.55. The van der Waals surface area contributed by atoms with Crippen LogP contribution in [0.3, 0.4) is 0 Å². The number of nitrogens with zero attached hydrogens (tertiary/aromatic N) is 1. The van der Waals surface area contributed by atoms with Crippen LogP contribution in [0.4, 0.5) is 0 Å². The highest BCUT2D eigenvalue weighted by Crippen LogP contribution is 2.16. The van der Waals surface area contributed by atoms with E-state index in [0.29, 0.717) is 26.1 Å². The van der Waals surface area contributed by atoms with Crippen molar-refractivity contribution in [3.63, 3.8) is 0 Å². The van der Waals surface area contributed by atoms with E-state index in [1.807, 2.05) is 38.1 Å². The molecule has 3 amide bonds. The van der Waals surface area contributed by atoms with E-state index in [1.165, 1.54) is 24.5 Å². The van der Waals surface area contributed by atoms with Crippen LogP contribution < -0.4 is 21.1 Å². The van der Waals surface area contributed by atoms with E-state index in [-0.39, 0.29) is 29.1 Å². The van der Waals surface area contributed by atoms with E-state index in [4.69, 9.17) is 14.9 Å². The van der Waals surface area contributed by atoms with Crippen molar-refractivity contribution in [1.29, 1.82) is 0 Å². The third-order valence-electron chi connectivity index (χ3n) is 6.63. The molecule has 2 atom stereocenters. The summed E-state index contributed by atoms with van der Waals surface area (Å²) in [4.78, 5) is 40.5. The number of methoxy groups -OCH3 is 1. The lowest BCUT2D eigenvalue weighted by atomic mass is 10.0. The van der Waals surface area contributed by atoms with Crippen molar-refractivity contribution >= 4 is 17.7 Å². The lowest BCUT2D eigenvalue weighted by molar-refractivity contribution is 0.0755. The number of rotatable bonds is 16. The molecule has 3 aromatic rings. The molecule has 1 heterocycles. The Balaban J connectivity index is 1.79. The Labute approximate surface area is 240 Å². The molecule has 1 aromatic heterocycles. The summed E-state index contributed by atoms with van der Waals surface area (Å²) in [5.74, 6) is -0.830. The molecule has 0 saturated carbocycles. The van der Waals surface area contributed by atoms with E-state index in [0.717, 1.165) is 29.7 Å². The van der Waals surface area contributed by atoms with Crippen molar-refractivity contribution in [3.05, 3.63) is 88.9 Å². The van der Waals surface area contributed by atoms with Crippen LogP contribution >= 0.6 is 0 Å². The van der Waals surface area contributed by atoms with Gasteiger partial charge < -0.3 is 35.5 Å². The Kier molecular flexibility index (Phi) is 11.9. The molecule has 0 fully saturated rings. The van der Waals surface area contributed by atoms with Crippen molar-refractivity contribution < 1.29 is 28.6 Å². The number of carbonyl (C=O) groups excluding carboxylic acids is 3. The van der Waals surface area contributed by atoms with Crippen molar-refractivity contribution in [2.24, 2.45) is 5.73 Å². The number of hydrogen-bond donors (Lipinski definition) is 4. The first-order valence-corrected chi connectivity index (χ1v) is 13.8. The number of hydrogen-bond acceptors (Lipinski definition) is 7. The van der Waals surface area contributed by atoms with Gasteiger partial charge >= 0.3 is 0 Å². The third kappa shape index (κ3) is 9.19. The van der Waals surface area contributed by atoms with Crippen LogP contribution in [-0.4, -0.2) is 66.6 Å². The Morgan fingerprint density at radius 1 is 1.00 bits per heavy atom. The minimum absolute atomic E-state index is 0.0563. The maximum Gasteiger partial charge on any atom is 0.253 e. The molecule has 0 aliphatic rings. The topological polar surface area (TPSA) is 147 Å². The molecule has 2 aromatic carbocycles. The number of ether oxygens (including phenoxy) is 1. The number of carbonyl (C=O) groups is 3. The van der Waals surface area contributed by atoms with E-state index in [2.05, 4.69) is 10.6 Å². The normalized spacial score (nSPS) is 12.4. The fraction of sp³-hybridized carbons (Fsp3) is 0.387. The van der Waals surface area contributed by atoms with Gasteiger partial charge in [-0.15, -0.1) is 0 Å². The predicted octanol–water partition coefficient (Wildman–Crippen LogP) is 3.14. The maximum atomic E-state index is 13.5. The van der Waals surface area contributed by atoms with E-state index in [1.54, 1.807) is 24.3 Å². The third-order valence-corrected chi connectivity index (χ3v) is 6.63. The van der Waals surface area contributed by atoms with Gasteiger partial charge in [0, 0.05) is 42.9 Å². The zero-order chi connectivity index (χ0) is 29.8. The number of amides is 3. The van der Waals surface area contributed by atoms with E-state index >= 15 is 0 Å². The number of benzene rings is 2. The molecular formula is C31H40N4O6. The molecule has 0 saturated heterocycles. The molecule has 2 unspecified atom stereocenters.